The third kappa shape index (κ3) is 32.4. The summed E-state index contributed by atoms with van der Waals surface area (Å²) in [6, 6.07) is 0. The fraction of sp³-hybridized carbons (Fsp3) is 1.00. The third-order valence-corrected chi connectivity index (χ3v) is 2.82. The Morgan fingerprint density at radius 2 is 1.11 bits per heavy atom. The summed E-state index contributed by atoms with van der Waals surface area (Å²) in [5.74, 6) is 0. The molecule has 0 aromatic rings. The molecule has 0 aromatic heterocycles. The molecule has 6 nitrogen and oxygen atoms in total. The molecule has 0 aliphatic rings. The van der Waals surface area contributed by atoms with E-state index in [1.54, 1.807) is 0 Å². The maximum absolute atomic E-state index is 9.81. The molecule has 0 saturated heterocycles. The van der Waals surface area contributed by atoms with E-state index in [2.05, 4.69) is 22.9 Å². The molecule has 0 radical (unpaired) electrons. The summed E-state index contributed by atoms with van der Waals surface area (Å²) in [7, 11) is -5.83. The summed E-state index contributed by atoms with van der Waals surface area (Å²) in [4.78, 5) is 19.6. The molecule has 0 bridgehead atoms. The first-order valence-electron chi connectivity index (χ1n) is 6.22. The van der Waals surface area contributed by atoms with E-state index in [1.165, 1.54) is 0 Å². The van der Waals surface area contributed by atoms with Crippen LogP contribution in [0.3, 0.4) is 0 Å². The zero-order valence-corrected chi connectivity index (χ0v) is 14.6. The van der Waals surface area contributed by atoms with Gasteiger partial charge in [0.05, 0.1) is 13.2 Å². The quantitative estimate of drug-likeness (QED) is 0.336. The maximum atomic E-state index is 9.81. The van der Waals surface area contributed by atoms with Gasteiger partial charge in [-0.05, 0) is 12.8 Å². The van der Waals surface area contributed by atoms with Crippen molar-refractivity contribution in [2.45, 2.75) is 52.4 Å². The topological polar surface area (TPSA) is 98.7 Å². The van der Waals surface area contributed by atoms with Crippen LogP contribution in [-0.4, -0.2) is 13.2 Å². The van der Waals surface area contributed by atoms with Crippen molar-refractivity contribution in [1.29, 1.82) is 0 Å². The van der Waals surface area contributed by atoms with Gasteiger partial charge in [0.2, 0.25) is 0 Å². The van der Waals surface area contributed by atoms with Crippen molar-refractivity contribution >= 4 is 16.5 Å². The molecule has 0 N–H and O–H groups in total. The Balaban J connectivity index is -0.000000256. The molecule has 0 amide bonds. The summed E-state index contributed by atoms with van der Waals surface area (Å²) >= 11 is 0. The van der Waals surface area contributed by atoms with Crippen LogP contribution >= 0.6 is 16.5 Å². The summed E-state index contributed by atoms with van der Waals surface area (Å²) in [5.41, 5.74) is 0. The summed E-state index contributed by atoms with van der Waals surface area (Å²) in [6.07, 6.45) is 5.93. The molecule has 2 unspecified atom stereocenters. The Morgan fingerprint density at radius 1 is 0.789 bits per heavy atom. The fourth-order valence-electron chi connectivity index (χ4n) is 1.02. The first kappa shape index (κ1) is 24.8. The zero-order chi connectivity index (χ0) is 14.2. The molecular formula is C10H24FeO6P2. The maximum Gasteiger partial charge on any atom is 2.00 e. The standard InChI is InChI=1S/2C5H13O3P.Fe/c2*1-2-3-4-5-8-9(6)7;/h2*9H,2-5H2,1H3,(H,6,7);/q;;+2/p-2. The third-order valence-electron chi connectivity index (χ3n) is 1.94. The van der Waals surface area contributed by atoms with Gasteiger partial charge in [0, 0.05) is 0 Å². The van der Waals surface area contributed by atoms with Crippen molar-refractivity contribution in [3.63, 3.8) is 0 Å². The van der Waals surface area contributed by atoms with E-state index in [4.69, 9.17) is 0 Å². The van der Waals surface area contributed by atoms with Crippen LogP contribution in [0.2, 0.25) is 0 Å². The number of hydrogen-bond donors (Lipinski definition) is 0. The Hall–Kier alpha value is 0.819. The second kappa shape index (κ2) is 21.1. The molecule has 0 heterocycles. The van der Waals surface area contributed by atoms with Crippen molar-refractivity contribution in [1.82, 2.24) is 0 Å². The number of unbranched alkanes of at least 4 members (excludes halogenated alkanes) is 4. The average molecular weight is 358 g/mol. The number of hydrogen-bond acceptors (Lipinski definition) is 6. The van der Waals surface area contributed by atoms with Crippen molar-refractivity contribution in [3.05, 3.63) is 0 Å². The van der Waals surface area contributed by atoms with E-state index in [9.17, 15) is 18.9 Å². The minimum Gasteiger partial charge on any atom is -0.781 e. The van der Waals surface area contributed by atoms with E-state index in [0.717, 1.165) is 38.5 Å². The van der Waals surface area contributed by atoms with E-state index in [0.29, 0.717) is 13.2 Å². The fourth-order valence-corrected chi connectivity index (χ4v) is 1.64. The van der Waals surface area contributed by atoms with Gasteiger partial charge in [0.1, 0.15) is 16.5 Å². The van der Waals surface area contributed by atoms with Gasteiger partial charge >= 0.3 is 17.1 Å². The van der Waals surface area contributed by atoms with E-state index < -0.39 is 16.5 Å². The van der Waals surface area contributed by atoms with Crippen LogP contribution in [0.25, 0.3) is 0 Å². The van der Waals surface area contributed by atoms with Gasteiger partial charge in [-0.1, -0.05) is 39.5 Å². The average Bonchev–Trinajstić information content (AvgIpc) is 2.31. The monoisotopic (exact) mass is 358 g/mol. The van der Waals surface area contributed by atoms with Crippen molar-refractivity contribution in [2.75, 3.05) is 13.2 Å². The summed E-state index contributed by atoms with van der Waals surface area (Å²) in [5, 5.41) is 0. The van der Waals surface area contributed by atoms with Crippen LogP contribution in [0.1, 0.15) is 52.4 Å². The number of rotatable bonds is 10. The van der Waals surface area contributed by atoms with Gasteiger partial charge < -0.3 is 28.0 Å². The molecule has 2 atom stereocenters. The molecule has 0 aromatic carbocycles. The minimum atomic E-state index is -2.92. The molecule has 19 heavy (non-hydrogen) atoms. The Bertz CT molecular complexity index is 196. The molecule has 0 saturated carbocycles. The van der Waals surface area contributed by atoms with Crippen LogP contribution in [0.4, 0.5) is 0 Å². The predicted octanol–water partition coefficient (Wildman–Crippen LogP) is 1.88. The second-order valence-electron chi connectivity index (χ2n) is 3.61. The zero-order valence-electron chi connectivity index (χ0n) is 11.5. The van der Waals surface area contributed by atoms with Crippen molar-refractivity contribution < 1.29 is 45.0 Å². The van der Waals surface area contributed by atoms with Gasteiger partial charge in [-0.25, -0.2) is 0 Å². The summed E-state index contributed by atoms with van der Waals surface area (Å²) < 4.78 is 28.3. The predicted molar refractivity (Wildman–Crippen MR) is 69.0 cm³/mol. The van der Waals surface area contributed by atoms with Crippen molar-refractivity contribution in [3.8, 4) is 0 Å². The van der Waals surface area contributed by atoms with Crippen LogP contribution in [0, 0.1) is 0 Å². The van der Waals surface area contributed by atoms with Gasteiger partial charge in [-0.2, -0.15) is 0 Å². The molecular weight excluding hydrogens is 334 g/mol. The Labute approximate surface area is 127 Å². The van der Waals surface area contributed by atoms with E-state index in [-0.39, 0.29) is 17.1 Å². The van der Waals surface area contributed by atoms with Gasteiger partial charge in [0.25, 0.3) is 0 Å². The van der Waals surface area contributed by atoms with Gasteiger partial charge in [-0.3, -0.25) is 0 Å². The first-order valence-corrected chi connectivity index (χ1v) is 8.67. The van der Waals surface area contributed by atoms with Gasteiger partial charge in [-0.15, -0.1) is 0 Å². The van der Waals surface area contributed by atoms with Crippen molar-refractivity contribution in [2.24, 2.45) is 0 Å². The van der Waals surface area contributed by atoms with Gasteiger partial charge in [0.15, 0.2) is 0 Å². The molecule has 0 aliphatic heterocycles. The molecule has 0 fully saturated rings. The summed E-state index contributed by atoms with van der Waals surface area (Å²) in [6.45, 7) is 4.82. The van der Waals surface area contributed by atoms with E-state index >= 15 is 0 Å². The molecule has 118 valence electrons. The minimum absolute atomic E-state index is 0. The van der Waals surface area contributed by atoms with Crippen LogP contribution < -0.4 is 9.79 Å². The smallest absolute Gasteiger partial charge is 0.781 e. The normalized spacial score (nSPS) is 12.8. The van der Waals surface area contributed by atoms with E-state index in [1.807, 2.05) is 0 Å². The molecule has 0 aliphatic carbocycles. The Kier molecular flexibility index (Phi) is 27.6. The molecule has 9 heteroatoms. The molecule has 0 rings (SSSR count). The largest absolute Gasteiger partial charge is 2.00 e. The molecule has 0 spiro atoms. The van der Waals surface area contributed by atoms with Crippen LogP contribution in [-0.2, 0) is 35.2 Å². The SMILES string of the molecule is CCCCCO[PH](=O)[O-].CCCCCO[PH](=O)[O-].[Fe+2]. The second-order valence-corrected chi connectivity index (χ2v) is 5.19. The van der Waals surface area contributed by atoms with Crippen LogP contribution in [0.15, 0.2) is 0 Å². The van der Waals surface area contributed by atoms with Crippen LogP contribution in [0.5, 0.6) is 0 Å². The Morgan fingerprint density at radius 3 is 1.32 bits per heavy atom. The first-order chi connectivity index (χ1) is 8.54.